The molecule has 196 valence electrons. The summed E-state index contributed by atoms with van der Waals surface area (Å²) in [6.45, 7) is 6.17. The fourth-order valence-electron chi connectivity index (χ4n) is 5.03. The molecule has 4 nitrogen and oxygen atoms in total. The lowest BCUT2D eigenvalue weighted by Gasteiger charge is -2.28. The Bertz CT molecular complexity index is 1220. The Morgan fingerprint density at radius 1 is 1.11 bits per heavy atom. The fraction of sp³-hybridized carbons (Fsp3) is 0.400. The zero-order chi connectivity index (χ0) is 26.6. The lowest BCUT2D eigenvalue weighted by atomic mass is 9.87. The number of carbonyl (C=O) groups excluding carboxylic acids is 1. The molecule has 2 aromatic carbocycles. The number of hydrogen-bond acceptors (Lipinski definition) is 4. The standard InChI is InChI=1S/C30H33F3N2O2/c1-4-37-29(36)27(14-19(2)3)23-15-22(20-8-10-24(11-9-20)30(31,32)33)16-25(17-23)35-28-7-5-6-21-18-34-13-12-26(21)28/h8-13,15-19,27-28,35H,4-7,14H2,1-3H3. The molecule has 0 aliphatic heterocycles. The third-order valence-electron chi connectivity index (χ3n) is 6.78. The second-order valence-electron chi connectivity index (χ2n) is 10.0. The Labute approximate surface area is 216 Å². The minimum atomic E-state index is -4.40. The molecule has 0 bridgehead atoms. The topological polar surface area (TPSA) is 51.2 Å². The average molecular weight is 511 g/mol. The van der Waals surface area contributed by atoms with Crippen molar-refractivity contribution in [3.8, 4) is 11.1 Å². The molecule has 0 saturated carbocycles. The molecule has 1 aromatic heterocycles. The molecule has 1 aliphatic carbocycles. The van der Waals surface area contributed by atoms with Crippen molar-refractivity contribution in [3.63, 3.8) is 0 Å². The van der Waals surface area contributed by atoms with E-state index in [9.17, 15) is 18.0 Å². The molecular weight excluding hydrogens is 477 g/mol. The van der Waals surface area contributed by atoms with Crippen molar-refractivity contribution in [3.05, 3.63) is 83.2 Å². The van der Waals surface area contributed by atoms with Gasteiger partial charge in [0.1, 0.15) is 0 Å². The lowest BCUT2D eigenvalue weighted by Crippen LogP contribution is -2.20. The van der Waals surface area contributed by atoms with Crippen molar-refractivity contribution in [1.82, 2.24) is 4.98 Å². The first-order valence-electron chi connectivity index (χ1n) is 12.8. The molecule has 4 rings (SSSR count). The Kier molecular flexibility index (Phi) is 8.20. The average Bonchev–Trinajstić information content (AvgIpc) is 2.87. The number of aryl methyl sites for hydroxylation is 1. The highest BCUT2D eigenvalue weighted by Crippen LogP contribution is 2.37. The number of anilines is 1. The van der Waals surface area contributed by atoms with Crippen molar-refractivity contribution < 1.29 is 22.7 Å². The first kappa shape index (κ1) is 26.7. The molecule has 0 fully saturated rings. The van der Waals surface area contributed by atoms with Crippen LogP contribution in [-0.4, -0.2) is 17.6 Å². The van der Waals surface area contributed by atoms with Gasteiger partial charge in [0.05, 0.1) is 24.1 Å². The predicted octanol–water partition coefficient (Wildman–Crippen LogP) is 7.95. The van der Waals surface area contributed by atoms with E-state index in [4.69, 9.17) is 4.74 Å². The second-order valence-corrected chi connectivity index (χ2v) is 10.0. The van der Waals surface area contributed by atoms with Gasteiger partial charge in [0.2, 0.25) is 0 Å². The summed E-state index contributed by atoms with van der Waals surface area (Å²) in [4.78, 5) is 17.2. The number of halogens is 3. The van der Waals surface area contributed by atoms with Crippen LogP contribution < -0.4 is 5.32 Å². The minimum absolute atomic E-state index is 0.0774. The molecule has 2 atom stereocenters. The third kappa shape index (κ3) is 6.51. The van der Waals surface area contributed by atoms with Crippen LogP contribution in [-0.2, 0) is 22.1 Å². The van der Waals surface area contributed by atoms with Gasteiger partial charge in [-0.1, -0.05) is 32.0 Å². The first-order chi connectivity index (χ1) is 17.7. The van der Waals surface area contributed by atoms with Crippen LogP contribution in [0.4, 0.5) is 18.9 Å². The lowest BCUT2D eigenvalue weighted by molar-refractivity contribution is -0.145. The van der Waals surface area contributed by atoms with Gasteiger partial charge in [-0.2, -0.15) is 13.2 Å². The maximum absolute atomic E-state index is 13.2. The number of pyridine rings is 1. The molecule has 37 heavy (non-hydrogen) atoms. The van der Waals surface area contributed by atoms with Crippen LogP contribution in [0, 0.1) is 5.92 Å². The van der Waals surface area contributed by atoms with Crippen LogP contribution >= 0.6 is 0 Å². The third-order valence-corrected chi connectivity index (χ3v) is 6.78. The Morgan fingerprint density at radius 3 is 2.54 bits per heavy atom. The molecule has 0 saturated heterocycles. The Hall–Kier alpha value is -3.35. The van der Waals surface area contributed by atoms with Crippen molar-refractivity contribution in [2.75, 3.05) is 11.9 Å². The van der Waals surface area contributed by atoms with Crippen LogP contribution in [0.25, 0.3) is 11.1 Å². The monoisotopic (exact) mass is 510 g/mol. The Morgan fingerprint density at radius 2 is 1.86 bits per heavy atom. The highest BCUT2D eigenvalue weighted by Gasteiger charge is 2.30. The number of aromatic nitrogens is 1. The summed E-state index contributed by atoms with van der Waals surface area (Å²) in [5.41, 5.74) is 4.73. The molecule has 0 amide bonds. The smallest absolute Gasteiger partial charge is 0.416 e. The number of rotatable bonds is 8. The number of esters is 1. The molecule has 1 N–H and O–H groups in total. The first-order valence-corrected chi connectivity index (χ1v) is 12.8. The van der Waals surface area contributed by atoms with E-state index in [1.165, 1.54) is 23.3 Å². The van der Waals surface area contributed by atoms with Crippen molar-refractivity contribution in [2.45, 2.75) is 64.6 Å². The van der Waals surface area contributed by atoms with Gasteiger partial charge in [-0.15, -0.1) is 0 Å². The number of hydrogen-bond donors (Lipinski definition) is 1. The number of nitrogens with zero attached hydrogens (tertiary/aromatic N) is 1. The van der Waals surface area contributed by atoms with Crippen LogP contribution in [0.1, 0.15) is 74.2 Å². The number of fused-ring (bicyclic) bond motifs is 1. The van der Waals surface area contributed by atoms with E-state index >= 15 is 0 Å². The second kappa shape index (κ2) is 11.4. The minimum Gasteiger partial charge on any atom is -0.466 e. The zero-order valence-corrected chi connectivity index (χ0v) is 21.4. The Balaban J connectivity index is 1.77. The van der Waals surface area contributed by atoms with E-state index in [0.717, 1.165) is 48.2 Å². The van der Waals surface area contributed by atoms with Gasteiger partial charge in [-0.3, -0.25) is 9.78 Å². The summed E-state index contributed by atoms with van der Waals surface area (Å²) in [6.07, 6.45) is 2.87. The van der Waals surface area contributed by atoms with Gasteiger partial charge in [0.15, 0.2) is 0 Å². The van der Waals surface area contributed by atoms with Gasteiger partial charge < -0.3 is 10.1 Å². The molecule has 1 aliphatic rings. The van der Waals surface area contributed by atoms with E-state index in [1.54, 1.807) is 13.1 Å². The number of ether oxygens (including phenoxy) is 1. The van der Waals surface area contributed by atoms with E-state index in [-0.39, 0.29) is 24.5 Å². The summed E-state index contributed by atoms with van der Waals surface area (Å²) in [5.74, 6) is -0.517. The molecule has 3 aromatic rings. The zero-order valence-electron chi connectivity index (χ0n) is 21.4. The SMILES string of the molecule is CCOC(=O)C(CC(C)C)c1cc(NC2CCCc3cnccc32)cc(-c2ccc(C(F)(F)F)cc2)c1. The highest BCUT2D eigenvalue weighted by atomic mass is 19.4. The van der Waals surface area contributed by atoms with E-state index in [0.29, 0.717) is 12.0 Å². The van der Waals surface area contributed by atoms with Crippen LogP contribution in [0.15, 0.2) is 60.9 Å². The fourth-order valence-corrected chi connectivity index (χ4v) is 5.03. The summed E-state index contributed by atoms with van der Waals surface area (Å²) in [6, 6.07) is 13.1. The molecule has 0 spiro atoms. The highest BCUT2D eigenvalue weighted by molar-refractivity contribution is 5.80. The van der Waals surface area contributed by atoms with Gasteiger partial charge >= 0.3 is 12.1 Å². The van der Waals surface area contributed by atoms with Gasteiger partial charge in [0.25, 0.3) is 0 Å². The van der Waals surface area contributed by atoms with Crippen LogP contribution in [0.5, 0.6) is 0 Å². The van der Waals surface area contributed by atoms with Crippen LogP contribution in [0.3, 0.4) is 0 Å². The van der Waals surface area contributed by atoms with Crippen LogP contribution in [0.2, 0.25) is 0 Å². The molecule has 2 unspecified atom stereocenters. The van der Waals surface area contributed by atoms with Gasteiger partial charge in [0, 0.05) is 18.1 Å². The summed E-state index contributed by atoms with van der Waals surface area (Å²) in [5, 5.41) is 3.64. The largest absolute Gasteiger partial charge is 0.466 e. The molecular formula is C30H33F3N2O2. The predicted molar refractivity (Wildman–Crippen MR) is 139 cm³/mol. The van der Waals surface area contributed by atoms with Crippen molar-refractivity contribution in [2.24, 2.45) is 5.92 Å². The van der Waals surface area contributed by atoms with Crippen molar-refractivity contribution in [1.29, 1.82) is 0 Å². The molecule has 1 heterocycles. The summed E-state index contributed by atoms with van der Waals surface area (Å²) >= 11 is 0. The van der Waals surface area contributed by atoms with Gasteiger partial charge in [-0.05, 0) is 96.7 Å². The maximum Gasteiger partial charge on any atom is 0.416 e. The number of alkyl halides is 3. The van der Waals surface area contributed by atoms with Gasteiger partial charge in [-0.25, -0.2) is 0 Å². The normalized spacial score (nSPS) is 16.2. The number of carbonyl (C=O) groups is 1. The quantitative estimate of drug-likeness (QED) is 0.313. The maximum atomic E-state index is 13.2. The molecule has 7 heteroatoms. The van der Waals surface area contributed by atoms with E-state index in [2.05, 4.69) is 24.1 Å². The number of benzene rings is 2. The summed E-state index contributed by atoms with van der Waals surface area (Å²) < 4.78 is 44.9. The number of nitrogens with one attached hydrogen (secondary N) is 1. The van der Waals surface area contributed by atoms with Crippen molar-refractivity contribution >= 4 is 11.7 Å². The summed E-state index contributed by atoms with van der Waals surface area (Å²) in [7, 11) is 0. The van der Waals surface area contributed by atoms with E-state index in [1.807, 2.05) is 30.5 Å². The molecule has 0 radical (unpaired) electrons. The van der Waals surface area contributed by atoms with E-state index < -0.39 is 17.7 Å².